The van der Waals surface area contributed by atoms with Gasteiger partial charge in [-0.2, -0.15) is 0 Å². The van der Waals surface area contributed by atoms with Crippen LogP contribution in [0.15, 0.2) is 0 Å². The van der Waals surface area contributed by atoms with Crippen molar-refractivity contribution >= 4 is 36.6 Å². The van der Waals surface area contributed by atoms with Crippen LogP contribution in [-0.4, -0.2) is 9.02 Å². The monoisotopic (exact) mass is 282 g/mol. The van der Waals surface area contributed by atoms with Crippen molar-refractivity contribution in [2.45, 2.75) is 36.9 Å². The van der Waals surface area contributed by atoms with E-state index in [0.717, 1.165) is 0 Å². The van der Waals surface area contributed by atoms with Crippen molar-refractivity contribution in [1.29, 1.82) is 0 Å². The van der Waals surface area contributed by atoms with Gasteiger partial charge in [0.05, 0.1) is 4.32 Å². The Kier molecular flexibility index (Phi) is 3.15. The SMILES string of the molecule is CC(Br)(C(=O)Br)C1CCCC1. The fourth-order valence-corrected chi connectivity index (χ4v) is 2.41. The highest BCUT2D eigenvalue weighted by Gasteiger charge is 2.38. The van der Waals surface area contributed by atoms with Gasteiger partial charge in [-0.15, -0.1) is 0 Å². The van der Waals surface area contributed by atoms with E-state index in [0.29, 0.717) is 5.92 Å². The highest BCUT2D eigenvalue weighted by molar-refractivity contribution is 9.20. The summed E-state index contributed by atoms with van der Waals surface area (Å²) >= 11 is 6.50. The van der Waals surface area contributed by atoms with Crippen LogP contribution in [0.2, 0.25) is 0 Å². The molecule has 0 aromatic carbocycles. The lowest BCUT2D eigenvalue weighted by Crippen LogP contribution is -2.31. The molecule has 1 nitrogen and oxygen atoms in total. The molecule has 64 valence electrons. The van der Waals surface area contributed by atoms with Crippen molar-refractivity contribution in [2.24, 2.45) is 5.92 Å². The van der Waals surface area contributed by atoms with Crippen LogP contribution in [0.3, 0.4) is 0 Å². The molecule has 0 aliphatic heterocycles. The summed E-state index contributed by atoms with van der Waals surface area (Å²) in [4.78, 5) is 11.1. The Morgan fingerprint density at radius 1 is 1.45 bits per heavy atom. The van der Waals surface area contributed by atoms with Crippen LogP contribution in [0.25, 0.3) is 0 Å². The molecule has 11 heavy (non-hydrogen) atoms. The van der Waals surface area contributed by atoms with Crippen molar-refractivity contribution in [3.8, 4) is 0 Å². The second-order valence-corrected chi connectivity index (χ2v) is 5.70. The molecule has 1 fully saturated rings. The summed E-state index contributed by atoms with van der Waals surface area (Å²) in [6.07, 6.45) is 4.90. The third-order valence-corrected chi connectivity index (χ3v) is 4.87. The van der Waals surface area contributed by atoms with E-state index >= 15 is 0 Å². The predicted molar refractivity (Wildman–Crippen MR) is 53.2 cm³/mol. The number of carbonyl (C=O) groups is 1. The molecule has 0 bridgehead atoms. The van der Waals surface area contributed by atoms with Gasteiger partial charge in [0.2, 0.25) is 4.69 Å². The topological polar surface area (TPSA) is 17.1 Å². The zero-order valence-electron chi connectivity index (χ0n) is 6.57. The minimum atomic E-state index is -0.330. The van der Waals surface area contributed by atoms with Crippen LogP contribution in [0.4, 0.5) is 0 Å². The summed E-state index contributed by atoms with van der Waals surface area (Å²) in [7, 11) is 0. The summed E-state index contributed by atoms with van der Waals surface area (Å²) in [6.45, 7) is 1.96. The maximum absolute atomic E-state index is 11.1. The molecule has 1 unspecified atom stereocenters. The third-order valence-electron chi connectivity index (χ3n) is 2.51. The highest BCUT2D eigenvalue weighted by Crippen LogP contribution is 2.41. The lowest BCUT2D eigenvalue weighted by molar-refractivity contribution is -0.112. The first kappa shape index (κ1) is 9.72. The van der Waals surface area contributed by atoms with Crippen LogP contribution in [-0.2, 0) is 4.79 Å². The van der Waals surface area contributed by atoms with Crippen molar-refractivity contribution in [3.05, 3.63) is 0 Å². The van der Waals surface area contributed by atoms with E-state index in [1.165, 1.54) is 25.7 Å². The molecule has 1 rings (SSSR count). The number of hydrogen-bond acceptors (Lipinski definition) is 1. The molecule has 1 aliphatic carbocycles. The number of rotatable bonds is 2. The fraction of sp³-hybridized carbons (Fsp3) is 0.875. The molecule has 0 amide bonds. The van der Waals surface area contributed by atoms with Crippen LogP contribution < -0.4 is 0 Å². The Hall–Kier alpha value is 0.630. The fourth-order valence-electron chi connectivity index (χ4n) is 1.63. The summed E-state index contributed by atoms with van der Waals surface area (Å²) in [5, 5.41) is 0. The third kappa shape index (κ3) is 2.05. The second kappa shape index (κ2) is 3.56. The molecule has 1 saturated carbocycles. The van der Waals surface area contributed by atoms with E-state index in [2.05, 4.69) is 31.9 Å². The van der Waals surface area contributed by atoms with Crippen LogP contribution in [0.1, 0.15) is 32.6 Å². The number of alkyl halides is 1. The highest BCUT2D eigenvalue weighted by atomic mass is 79.9. The molecular formula is C8H12Br2O. The largest absolute Gasteiger partial charge is 0.285 e. The summed E-state index contributed by atoms with van der Waals surface area (Å²) in [5.41, 5.74) is 0. The van der Waals surface area contributed by atoms with E-state index in [4.69, 9.17) is 0 Å². The molecule has 1 aliphatic rings. The normalized spacial score (nSPS) is 25.0. The van der Waals surface area contributed by atoms with Crippen molar-refractivity contribution in [3.63, 3.8) is 0 Å². The molecule has 0 saturated heterocycles. The Morgan fingerprint density at radius 2 is 1.91 bits per heavy atom. The standard InChI is InChI=1S/C8H12Br2O/c1-8(10,7(9)11)6-4-2-3-5-6/h6H,2-5H2,1H3. The summed E-state index contributed by atoms with van der Waals surface area (Å²) < 4.78 is -0.249. The molecule has 0 aromatic rings. The van der Waals surface area contributed by atoms with Crippen molar-refractivity contribution in [2.75, 3.05) is 0 Å². The Morgan fingerprint density at radius 3 is 2.27 bits per heavy atom. The quantitative estimate of drug-likeness (QED) is 0.562. The van der Waals surface area contributed by atoms with Gasteiger partial charge in [-0.25, -0.2) is 0 Å². The molecule has 0 heterocycles. The minimum absolute atomic E-state index is 0.0805. The van der Waals surface area contributed by atoms with Crippen molar-refractivity contribution in [1.82, 2.24) is 0 Å². The van der Waals surface area contributed by atoms with Crippen LogP contribution in [0.5, 0.6) is 0 Å². The summed E-state index contributed by atoms with van der Waals surface area (Å²) in [6, 6.07) is 0. The van der Waals surface area contributed by atoms with Crippen LogP contribution in [0, 0.1) is 5.92 Å². The lowest BCUT2D eigenvalue weighted by Gasteiger charge is -2.24. The lowest BCUT2D eigenvalue weighted by atomic mass is 9.94. The molecule has 1 atom stereocenters. The maximum Gasteiger partial charge on any atom is 0.214 e. The van der Waals surface area contributed by atoms with Gasteiger partial charge in [0.15, 0.2) is 0 Å². The van der Waals surface area contributed by atoms with Gasteiger partial charge in [-0.05, 0) is 41.6 Å². The van der Waals surface area contributed by atoms with E-state index in [1.54, 1.807) is 0 Å². The van der Waals surface area contributed by atoms with Gasteiger partial charge in [-0.3, -0.25) is 4.79 Å². The van der Waals surface area contributed by atoms with Gasteiger partial charge >= 0.3 is 0 Å². The molecule has 3 heteroatoms. The zero-order valence-corrected chi connectivity index (χ0v) is 9.74. The van der Waals surface area contributed by atoms with Crippen LogP contribution >= 0.6 is 31.9 Å². The Balaban J connectivity index is 2.62. The Labute approximate surface area is 84.2 Å². The second-order valence-electron chi connectivity index (χ2n) is 3.33. The molecular weight excluding hydrogens is 272 g/mol. The van der Waals surface area contributed by atoms with Crippen molar-refractivity contribution < 1.29 is 4.79 Å². The van der Waals surface area contributed by atoms with E-state index < -0.39 is 0 Å². The predicted octanol–water partition coefficient (Wildman–Crippen LogP) is 3.25. The van der Waals surface area contributed by atoms with Gasteiger partial charge in [0.1, 0.15) is 0 Å². The first-order chi connectivity index (χ1) is 5.05. The minimum Gasteiger partial charge on any atom is -0.285 e. The molecule has 0 spiro atoms. The first-order valence-corrected chi connectivity index (χ1v) is 5.52. The van der Waals surface area contributed by atoms with Gasteiger partial charge < -0.3 is 0 Å². The zero-order chi connectivity index (χ0) is 8.48. The molecule has 0 N–H and O–H groups in total. The molecule has 0 aromatic heterocycles. The van der Waals surface area contributed by atoms with Gasteiger partial charge in [0.25, 0.3) is 0 Å². The average Bonchev–Trinajstić information content (AvgIpc) is 2.37. The number of halogens is 2. The number of hydrogen-bond donors (Lipinski definition) is 0. The smallest absolute Gasteiger partial charge is 0.214 e. The molecule has 0 radical (unpaired) electrons. The van der Waals surface area contributed by atoms with E-state index in [1.807, 2.05) is 6.92 Å². The first-order valence-electron chi connectivity index (χ1n) is 3.94. The Bertz CT molecular complexity index is 159. The maximum atomic E-state index is 11.1. The average molecular weight is 284 g/mol. The van der Waals surface area contributed by atoms with Gasteiger partial charge in [-0.1, -0.05) is 28.8 Å². The van der Waals surface area contributed by atoms with Gasteiger partial charge in [0, 0.05) is 0 Å². The van der Waals surface area contributed by atoms with E-state index in [9.17, 15) is 4.79 Å². The number of carbonyl (C=O) groups excluding carboxylic acids is 1. The van der Waals surface area contributed by atoms with E-state index in [-0.39, 0.29) is 9.02 Å². The summed E-state index contributed by atoms with van der Waals surface area (Å²) in [5.74, 6) is 0.523.